The third-order valence-electron chi connectivity index (χ3n) is 2.80. The molecule has 0 aliphatic carbocycles. The predicted molar refractivity (Wildman–Crippen MR) is 83.4 cm³/mol. The molecule has 2 amide bonds. The summed E-state index contributed by atoms with van der Waals surface area (Å²) < 4.78 is 26.1. The lowest BCUT2D eigenvalue weighted by atomic mass is 10.2. The quantitative estimate of drug-likeness (QED) is 0.477. The molecule has 2 aromatic carbocycles. The van der Waals surface area contributed by atoms with Crippen LogP contribution < -0.4 is 10.6 Å². The molecule has 0 aromatic heterocycles. The molecule has 0 bridgehead atoms. The number of anilines is 2. The Hall–Kier alpha value is -2.58. The van der Waals surface area contributed by atoms with E-state index in [1.165, 1.54) is 6.07 Å². The normalized spacial score (nSPS) is 10.3. The van der Waals surface area contributed by atoms with Crippen LogP contribution in [0, 0.1) is 11.6 Å². The number of carbonyl (C=O) groups is 2. The van der Waals surface area contributed by atoms with Gasteiger partial charge in [0.15, 0.2) is 17.3 Å². The summed E-state index contributed by atoms with van der Waals surface area (Å²) in [4.78, 5) is 23.5. The molecule has 2 rings (SSSR count). The summed E-state index contributed by atoms with van der Waals surface area (Å²) >= 11 is 11.4. The fourth-order valence-electron chi connectivity index (χ4n) is 1.66. The maximum Gasteiger partial charge on any atom is 0.314 e. The van der Waals surface area contributed by atoms with Crippen LogP contribution in [0.25, 0.3) is 0 Å². The fraction of sp³-hybridized carbons (Fsp3) is 0. The van der Waals surface area contributed by atoms with Gasteiger partial charge in [-0.15, -0.1) is 0 Å². The lowest BCUT2D eigenvalue weighted by Gasteiger charge is -2.10. The van der Waals surface area contributed by atoms with Gasteiger partial charge in [0.2, 0.25) is 5.82 Å². The Balaban J connectivity index is 2.17. The molecule has 0 saturated carbocycles. The van der Waals surface area contributed by atoms with E-state index in [2.05, 4.69) is 0 Å². The average Bonchev–Trinajstić information content (AvgIpc) is 2.52. The third kappa shape index (κ3) is 3.66. The Labute approximate surface area is 143 Å². The average molecular weight is 377 g/mol. The van der Waals surface area contributed by atoms with Crippen LogP contribution in [0.1, 0.15) is 0 Å². The number of aromatic hydroxyl groups is 2. The molecule has 0 fully saturated rings. The van der Waals surface area contributed by atoms with Gasteiger partial charge >= 0.3 is 11.8 Å². The largest absolute Gasteiger partial charge is 0.504 e. The lowest BCUT2D eigenvalue weighted by Crippen LogP contribution is -2.29. The van der Waals surface area contributed by atoms with Crippen molar-refractivity contribution in [2.75, 3.05) is 10.6 Å². The van der Waals surface area contributed by atoms with E-state index >= 15 is 0 Å². The molecule has 10 heteroatoms. The van der Waals surface area contributed by atoms with Gasteiger partial charge in [-0.05, 0) is 24.3 Å². The standard InChI is InChI=1S/C14H8Cl2F2N2O4/c15-5-3-6(16)11(21)9(4-5)20-14(24)13(23)19-8-2-1-7(17)10(18)12(8)22/h1-4,21-22H,(H,19,23)(H,20,24). The Morgan fingerprint density at radius 1 is 0.917 bits per heavy atom. The number of phenolic OH excluding ortho intramolecular Hbond substituents is 2. The number of phenols is 2. The first-order valence-corrected chi connectivity index (χ1v) is 6.93. The van der Waals surface area contributed by atoms with Crippen molar-refractivity contribution in [3.05, 3.63) is 45.9 Å². The van der Waals surface area contributed by atoms with Crippen LogP contribution in [0.15, 0.2) is 24.3 Å². The van der Waals surface area contributed by atoms with Gasteiger partial charge in [-0.25, -0.2) is 4.39 Å². The molecule has 0 unspecified atom stereocenters. The highest BCUT2D eigenvalue weighted by Crippen LogP contribution is 2.35. The predicted octanol–water partition coefficient (Wildman–Crippen LogP) is 3.26. The molecule has 2 aromatic rings. The van der Waals surface area contributed by atoms with Crippen LogP contribution in [0.5, 0.6) is 11.5 Å². The highest BCUT2D eigenvalue weighted by atomic mass is 35.5. The monoisotopic (exact) mass is 376 g/mol. The van der Waals surface area contributed by atoms with Gasteiger partial charge < -0.3 is 20.8 Å². The molecule has 0 atom stereocenters. The summed E-state index contributed by atoms with van der Waals surface area (Å²) in [5.41, 5.74) is -0.746. The number of carbonyl (C=O) groups excluding carboxylic acids is 2. The van der Waals surface area contributed by atoms with Crippen LogP contribution >= 0.6 is 23.2 Å². The number of rotatable bonds is 2. The molecule has 0 spiro atoms. The van der Waals surface area contributed by atoms with Crippen LogP contribution in [0.3, 0.4) is 0 Å². The van der Waals surface area contributed by atoms with Crippen LogP contribution in [-0.2, 0) is 9.59 Å². The first kappa shape index (κ1) is 17.8. The second-order valence-electron chi connectivity index (χ2n) is 4.45. The van der Waals surface area contributed by atoms with E-state index < -0.39 is 40.6 Å². The Morgan fingerprint density at radius 2 is 1.50 bits per heavy atom. The Bertz CT molecular complexity index is 846. The van der Waals surface area contributed by atoms with E-state index in [0.717, 1.165) is 12.1 Å². The van der Waals surface area contributed by atoms with E-state index in [0.29, 0.717) is 6.07 Å². The minimum Gasteiger partial charge on any atom is -0.504 e. The minimum absolute atomic E-state index is 0.0896. The van der Waals surface area contributed by atoms with Crippen LogP contribution in [-0.4, -0.2) is 22.0 Å². The highest BCUT2D eigenvalue weighted by molar-refractivity contribution is 6.44. The SMILES string of the molecule is O=C(Nc1cc(Cl)cc(Cl)c1O)C(=O)Nc1ccc(F)c(F)c1O. The van der Waals surface area contributed by atoms with E-state index in [1.54, 1.807) is 0 Å². The van der Waals surface area contributed by atoms with Crippen LogP contribution in [0.2, 0.25) is 10.0 Å². The third-order valence-corrected chi connectivity index (χ3v) is 3.31. The molecule has 6 nitrogen and oxygen atoms in total. The topological polar surface area (TPSA) is 98.7 Å². The molecule has 0 aliphatic heterocycles. The minimum atomic E-state index is -1.58. The van der Waals surface area contributed by atoms with Crippen molar-refractivity contribution in [3.63, 3.8) is 0 Å². The maximum absolute atomic E-state index is 13.2. The molecule has 126 valence electrons. The van der Waals surface area contributed by atoms with Gasteiger partial charge in [0.05, 0.1) is 16.4 Å². The van der Waals surface area contributed by atoms with Crippen molar-refractivity contribution in [3.8, 4) is 11.5 Å². The van der Waals surface area contributed by atoms with E-state index in [4.69, 9.17) is 23.2 Å². The van der Waals surface area contributed by atoms with Gasteiger partial charge in [-0.1, -0.05) is 23.2 Å². The van der Waals surface area contributed by atoms with Crippen LogP contribution in [0.4, 0.5) is 20.2 Å². The number of amides is 2. The number of halogens is 4. The van der Waals surface area contributed by atoms with Gasteiger partial charge in [0, 0.05) is 5.02 Å². The van der Waals surface area contributed by atoms with Crippen molar-refractivity contribution < 1.29 is 28.6 Å². The van der Waals surface area contributed by atoms with Gasteiger partial charge in [0.1, 0.15) is 0 Å². The van der Waals surface area contributed by atoms with Crippen molar-refractivity contribution in [2.24, 2.45) is 0 Å². The highest BCUT2D eigenvalue weighted by Gasteiger charge is 2.20. The number of benzene rings is 2. The van der Waals surface area contributed by atoms with E-state index in [1.807, 2.05) is 10.6 Å². The van der Waals surface area contributed by atoms with E-state index in [-0.39, 0.29) is 15.7 Å². The number of nitrogens with one attached hydrogen (secondary N) is 2. The van der Waals surface area contributed by atoms with E-state index in [9.17, 15) is 28.6 Å². The Morgan fingerprint density at radius 3 is 2.12 bits per heavy atom. The zero-order valence-corrected chi connectivity index (χ0v) is 13.0. The first-order valence-electron chi connectivity index (χ1n) is 6.18. The van der Waals surface area contributed by atoms with Crippen molar-refractivity contribution >= 4 is 46.4 Å². The van der Waals surface area contributed by atoms with Crippen molar-refractivity contribution in [1.82, 2.24) is 0 Å². The summed E-state index contributed by atoms with van der Waals surface area (Å²) in [6.07, 6.45) is 0. The summed E-state index contributed by atoms with van der Waals surface area (Å²) in [7, 11) is 0. The van der Waals surface area contributed by atoms with Gasteiger partial charge in [-0.3, -0.25) is 9.59 Å². The summed E-state index contributed by atoms with van der Waals surface area (Å²) in [5.74, 6) is -7.16. The molecule has 0 aliphatic rings. The second-order valence-corrected chi connectivity index (χ2v) is 5.29. The van der Waals surface area contributed by atoms with Crippen molar-refractivity contribution in [2.45, 2.75) is 0 Å². The Kier molecular flexibility index (Phi) is 5.10. The fourth-order valence-corrected chi connectivity index (χ4v) is 2.15. The summed E-state index contributed by atoms with van der Waals surface area (Å²) in [6, 6.07) is 3.88. The molecule has 24 heavy (non-hydrogen) atoms. The smallest absolute Gasteiger partial charge is 0.314 e. The molecule has 0 radical (unpaired) electrons. The molecule has 4 N–H and O–H groups in total. The molecular weight excluding hydrogens is 369 g/mol. The lowest BCUT2D eigenvalue weighted by molar-refractivity contribution is -0.133. The van der Waals surface area contributed by atoms with Gasteiger partial charge in [-0.2, -0.15) is 4.39 Å². The second kappa shape index (κ2) is 6.90. The molecule has 0 heterocycles. The zero-order chi connectivity index (χ0) is 18.0. The first-order chi connectivity index (χ1) is 11.2. The van der Waals surface area contributed by atoms with Gasteiger partial charge in [0.25, 0.3) is 0 Å². The number of hydrogen-bond donors (Lipinski definition) is 4. The zero-order valence-electron chi connectivity index (χ0n) is 11.5. The molecular formula is C14H8Cl2F2N2O4. The molecule has 0 saturated heterocycles. The van der Waals surface area contributed by atoms with Crippen molar-refractivity contribution in [1.29, 1.82) is 0 Å². The summed E-state index contributed by atoms with van der Waals surface area (Å²) in [5, 5.41) is 22.9. The summed E-state index contributed by atoms with van der Waals surface area (Å²) in [6.45, 7) is 0. The number of hydrogen-bond acceptors (Lipinski definition) is 4. The maximum atomic E-state index is 13.2.